The van der Waals surface area contributed by atoms with Gasteiger partial charge in [-0.15, -0.1) is 0 Å². The maximum absolute atomic E-state index is 13.6. The fourth-order valence-corrected chi connectivity index (χ4v) is 3.33. The Morgan fingerprint density at radius 3 is 2.21 bits per heavy atom. The Hall–Kier alpha value is -1.56. The van der Waals surface area contributed by atoms with Gasteiger partial charge in [0, 0.05) is 32.2 Å². The van der Waals surface area contributed by atoms with E-state index in [1.807, 2.05) is 0 Å². The number of carbonyl (C=O) groups excluding carboxylic acids is 1. The second kappa shape index (κ2) is 8.01. The molecule has 1 aliphatic heterocycles. The van der Waals surface area contributed by atoms with Crippen LogP contribution in [0.3, 0.4) is 0 Å². The minimum atomic E-state index is -1.48. The summed E-state index contributed by atoms with van der Waals surface area (Å²) in [7, 11) is 0. The Balaban J connectivity index is 2.00. The molecule has 0 spiro atoms. The standard InChI is InChI=1S/C18H25F3N2O/c1-4-14(5-2)22-6-8-23(9-7-22)16(24)11-13-10-15(19)18(21)17(20)12(13)3/h10,14H,4-9,11H2,1-3H3. The molecular weight excluding hydrogens is 317 g/mol. The molecule has 1 saturated heterocycles. The Morgan fingerprint density at radius 2 is 1.67 bits per heavy atom. The lowest BCUT2D eigenvalue weighted by Gasteiger charge is -2.39. The van der Waals surface area contributed by atoms with Crippen LogP contribution in [0.1, 0.15) is 37.8 Å². The number of nitrogens with zero attached hydrogens (tertiary/aromatic N) is 2. The Morgan fingerprint density at radius 1 is 1.08 bits per heavy atom. The van der Waals surface area contributed by atoms with Crippen LogP contribution in [-0.4, -0.2) is 47.9 Å². The van der Waals surface area contributed by atoms with Crippen LogP contribution in [0.2, 0.25) is 0 Å². The molecule has 0 N–H and O–H groups in total. The summed E-state index contributed by atoms with van der Waals surface area (Å²) < 4.78 is 40.2. The van der Waals surface area contributed by atoms with Crippen LogP contribution in [0.25, 0.3) is 0 Å². The Kier molecular flexibility index (Phi) is 6.27. The SMILES string of the molecule is CCC(CC)N1CCN(C(=O)Cc2cc(F)c(F)c(F)c2C)CC1. The third-order valence-electron chi connectivity index (χ3n) is 4.98. The summed E-state index contributed by atoms with van der Waals surface area (Å²) >= 11 is 0. The molecule has 1 aromatic rings. The largest absolute Gasteiger partial charge is 0.340 e. The molecule has 0 bridgehead atoms. The molecule has 0 aliphatic carbocycles. The van der Waals surface area contributed by atoms with Crippen molar-refractivity contribution in [3.8, 4) is 0 Å². The van der Waals surface area contributed by atoms with Crippen molar-refractivity contribution >= 4 is 5.91 Å². The van der Waals surface area contributed by atoms with Gasteiger partial charge >= 0.3 is 0 Å². The zero-order valence-corrected chi connectivity index (χ0v) is 14.5. The van der Waals surface area contributed by atoms with Gasteiger partial charge in [-0.1, -0.05) is 13.8 Å². The number of hydrogen-bond donors (Lipinski definition) is 0. The second-order valence-corrected chi connectivity index (χ2v) is 6.33. The lowest BCUT2D eigenvalue weighted by atomic mass is 10.0. The van der Waals surface area contributed by atoms with Gasteiger partial charge in [0.25, 0.3) is 0 Å². The van der Waals surface area contributed by atoms with Crippen LogP contribution in [0.5, 0.6) is 0 Å². The molecule has 1 fully saturated rings. The zero-order valence-electron chi connectivity index (χ0n) is 14.5. The smallest absolute Gasteiger partial charge is 0.227 e. The first-order chi connectivity index (χ1) is 11.4. The van der Waals surface area contributed by atoms with E-state index in [2.05, 4.69) is 18.7 Å². The van der Waals surface area contributed by atoms with Gasteiger partial charge in [0.15, 0.2) is 17.5 Å². The van der Waals surface area contributed by atoms with E-state index in [0.29, 0.717) is 19.1 Å². The first-order valence-electron chi connectivity index (χ1n) is 8.53. The van der Waals surface area contributed by atoms with Gasteiger partial charge in [0.2, 0.25) is 5.91 Å². The molecule has 0 unspecified atom stereocenters. The summed E-state index contributed by atoms with van der Waals surface area (Å²) in [5.41, 5.74) is 0.205. The van der Waals surface area contributed by atoms with Crippen molar-refractivity contribution in [3.05, 3.63) is 34.6 Å². The molecule has 0 saturated carbocycles. The molecule has 6 heteroatoms. The van der Waals surface area contributed by atoms with Crippen LogP contribution in [0.15, 0.2) is 6.07 Å². The van der Waals surface area contributed by atoms with Gasteiger partial charge in [-0.25, -0.2) is 13.2 Å². The van der Waals surface area contributed by atoms with Crippen LogP contribution >= 0.6 is 0 Å². The number of rotatable bonds is 5. The van der Waals surface area contributed by atoms with E-state index in [4.69, 9.17) is 0 Å². The predicted molar refractivity (Wildman–Crippen MR) is 87.3 cm³/mol. The van der Waals surface area contributed by atoms with Crippen molar-refractivity contribution in [2.24, 2.45) is 0 Å². The quantitative estimate of drug-likeness (QED) is 0.767. The molecular formula is C18H25F3N2O. The molecule has 0 radical (unpaired) electrons. The van der Waals surface area contributed by atoms with E-state index in [9.17, 15) is 18.0 Å². The normalized spacial score (nSPS) is 16.0. The summed E-state index contributed by atoms with van der Waals surface area (Å²) in [5, 5.41) is 0. The van der Waals surface area contributed by atoms with E-state index in [0.717, 1.165) is 32.0 Å². The second-order valence-electron chi connectivity index (χ2n) is 6.33. The highest BCUT2D eigenvalue weighted by molar-refractivity contribution is 5.79. The maximum atomic E-state index is 13.6. The van der Waals surface area contributed by atoms with Crippen LogP contribution in [0, 0.1) is 24.4 Å². The number of piperazine rings is 1. The minimum Gasteiger partial charge on any atom is -0.340 e. The summed E-state index contributed by atoms with van der Waals surface area (Å²) in [4.78, 5) is 16.5. The van der Waals surface area contributed by atoms with Crippen molar-refractivity contribution in [1.29, 1.82) is 0 Å². The molecule has 3 nitrogen and oxygen atoms in total. The number of halogens is 3. The van der Waals surface area contributed by atoms with Gasteiger partial charge < -0.3 is 4.90 Å². The molecule has 0 atom stereocenters. The van der Waals surface area contributed by atoms with Gasteiger partial charge in [-0.3, -0.25) is 9.69 Å². The molecule has 0 aromatic heterocycles. The van der Waals surface area contributed by atoms with Crippen molar-refractivity contribution in [2.75, 3.05) is 26.2 Å². The maximum Gasteiger partial charge on any atom is 0.227 e. The summed E-state index contributed by atoms with van der Waals surface area (Å²) in [5.74, 6) is -4.12. The average Bonchev–Trinajstić information content (AvgIpc) is 2.59. The van der Waals surface area contributed by atoms with Gasteiger partial charge in [-0.2, -0.15) is 0 Å². The average molecular weight is 342 g/mol. The molecule has 1 heterocycles. The fraction of sp³-hybridized carbons (Fsp3) is 0.611. The topological polar surface area (TPSA) is 23.6 Å². The predicted octanol–water partition coefficient (Wildman–Crippen LogP) is 3.29. The first kappa shape index (κ1) is 18.8. The number of hydrogen-bond acceptors (Lipinski definition) is 2. The number of benzene rings is 1. The van der Waals surface area contributed by atoms with Crippen LogP contribution in [-0.2, 0) is 11.2 Å². The first-order valence-corrected chi connectivity index (χ1v) is 8.53. The van der Waals surface area contributed by atoms with E-state index >= 15 is 0 Å². The molecule has 1 amide bonds. The van der Waals surface area contributed by atoms with Crippen molar-refractivity contribution in [2.45, 2.75) is 46.1 Å². The molecule has 2 rings (SSSR count). The third kappa shape index (κ3) is 3.91. The molecule has 1 aromatic carbocycles. The lowest BCUT2D eigenvalue weighted by molar-refractivity contribution is -0.132. The zero-order chi connectivity index (χ0) is 17.9. The summed E-state index contributed by atoms with van der Waals surface area (Å²) in [6.07, 6.45) is 2.06. The van der Waals surface area contributed by atoms with E-state index in [1.54, 1.807) is 4.90 Å². The monoisotopic (exact) mass is 342 g/mol. The van der Waals surface area contributed by atoms with Crippen LogP contribution in [0.4, 0.5) is 13.2 Å². The van der Waals surface area contributed by atoms with E-state index in [-0.39, 0.29) is 23.5 Å². The van der Waals surface area contributed by atoms with E-state index < -0.39 is 17.5 Å². The summed E-state index contributed by atoms with van der Waals surface area (Å²) in [6.45, 7) is 8.52. The van der Waals surface area contributed by atoms with Crippen molar-refractivity contribution < 1.29 is 18.0 Å². The molecule has 1 aliphatic rings. The third-order valence-corrected chi connectivity index (χ3v) is 4.98. The van der Waals surface area contributed by atoms with Gasteiger partial charge in [-0.05, 0) is 37.0 Å². The highest BCUT2D eigenvalue weighted by Gasteiger charge is 2.25. The number of amides is 1. The van der Waals surface area contributed by atoms with Gasteiger partial charge in [0.05, 0.1) is 6.42 Å². The fourth-order valence-electron chi connectivity index (χ4n) is 3.33. The summed E-state index contributed by atoms with van der Waals surface area (Å²) in [6, 6.07) is 1.45. The number of carbonyl (C=O) groups is 1. The minimum absolute atomic E-state index is 0.00193. The van der Waals surface area contributed by atoms with Crippen molar-refractivity contribution in [3.63, 3.8) is 0 Å². The molecule has 134 valence electrons. The Labute approximate surface area is 141 Å². The highest BCUT2D eigenvalue weighted by Crippen LogP contribution is 2.21. The molecule has 24 heavy (non-hydrogen) atoms. The van der Waals surface area contributed by atoms with Crippen molar-refractivity contribution in [1.82, 2.24) is 9.80 Å². The van der Waals surface area contributed by atoms with Crippen LogP contribution < -0.4 is 0 Å². The van der Waals surface area contributed by atoms with E-state index in [1.165, 1.54) is 6.92 Å². The highest BCUT2D eigenvalue weighted by atomic mass is 19.2. The lowest BCUT2D eigenvalue weighted by Crippen LogP contribution is -2.52. The van der Waals surface area contributed by atoms with Gasteiger partial charge in [0.1, 0.15) is 0 Å². The Bertz CT molecular complexity index is 594.